The van der Waals surface area contributed by atoms with E-state index in [1.54, 1.807) is 12.1 Å². The van der Waals surface area contributed by atoms with Crippen LogP contribution in [0.2, 0.25) is 0 Å². The third-order valence-electron chi connectivity index (χ3n) is 3.28. The molecule has 0 radical (unpaired) electrons. The Hall–Kier alpha value is -2.56. The Bertz CT molecular complexity index is 682. The molecule has 2 aromatic carbocycles. The fraction of sp³-hybridized carbons (Fsp3) is 0.235. The Labute approximate surface area is 128 Å². The van der Waals surface area contributed by atoms with E-state index in [0.29, 0.717) is 12.2 Å². The van der Waals surface area contributed by atoms with Crippen molar-refractivity contribution in [3.05, 3.63) is 53.3 Å². The lowest BCUT2D eigenvalue weighted by molar-refractivity contribution is 0.0916. The molecule has 0 heterocycles. The SMILES string of the molecule is CCc1cc(C(=O)COc2ccccc2F)c(O)cc1OC. The van der Waals surface area contributed by atoms with Gasteiger partial charge in [-0.1, -0.05) is 19.1 Å². The molecule has 2 rings (SSSR count). The third kappa shape index (κ3) is 3.36. The first-order valence-corrected chi connectivity index (χ1v) is 6.87. The predicted molar refractivity (Wildman–Crippen MR) is 80.3 cm³/mol. The number of rotatable bonds is 6. The van der Waals surface area contributed by atoms with Crippen molar-refractivity contribution in [3.63, 3.8) is 0 Å². The number of hydrogen-bond acceptors (Lipinski definition) is 4. The van der Waals surface area contributed by atoms with E-state index in [9.17, 15) is 14.3 Å². The van der Waals surface area contributed by atoms with E-state index in [1.165, 1.54) is 31.4 Å². The van der Waals surface area contributed by atoms with Gasteiger partial charge in [-0.2, -0.15) is 0 Å². The molecule has 5 heteroatoms. The summed E-state index contributed by atoms with van der Waals surface area (Å²) in [6, 6.07) is 8.81. The summed E-state index contributed by atoms with van der Waals surface area (Å²) in [6.45, 7) is 1.56. The van der Waals surface area contributed by atoms with E-state index >= 15 is 0 Å². The van der Waals surface area contributed by atoms with Crippen LogP contribution in [0.15, 0.2) is 36.4 Å². The van der Waals surface area contributed by atoms with Gasteiger partial charge in [0.25, 0.3) is 0 Å². The number of halogens is 1. The van der Waals surface area contributed by atoms with Crippen LogP contribution in [0.5, 0.6) is 17.2 Å². The molecule has 0 unspecified atom stereocenters. The average Bonchev–Trinajstić information content (AvgIpc) is 2.53. The molecule has 2 aromatic rings. The Morgan fingerprint density at radius 1 is 1.23 bits per heavy atom. The minimum absolute atomic E-state index is 0.000401. The van der Waals surface area contributed by atoms with Crippen molar-refractivity contribution < 1.29 is 23.8 Å². The van der Waals surface area contributed by atoms with Gasteiger partial charge in [0.05, 0.1) is 12.7 Å². The zero-order valence-corrected chi connectivity index (χ0v) is 12.4. The van der Waals surface area contributed by atoms with Crippen LogP contribution in [0.1, 0.15) is 22.8 Å². The Kier molecular flexibility index (Phi) is 4.99. The van der Waals surface area contributed by atoms with E-state index < -0.39 is 11.6 Å². The molecule has 0 fully saturated rings. The molecule has 22 heavy (non-hydrogen) atoms. The van der Waals surface area contributed by atoms with Crippen molar-refractivity contribution in [1.29, 1.82) is 0 Å². The molecule has 0 amide bonds. The van der Waals surface area contributed by atoms with Gasteiger partial charge in [-0.25, -0.2) is 4.39 Å². The lowest BCUT2D eigenvalue weighted by Gasteiger charge is -2.12. The van der Waals surface area contributed by atoms with Gasteiger partial charge < -0.3 is 14.6 Å². The van der Waals surface area contributed by atoms with Crippen molar-refractivity contribution in [2.45, 2.75) is 13.3 Å². The number of aromatic hydroxyl groups is 1. The first-order chi connectivity index (χ1) is 10.6. The second kappa shape index (κ2) is 6.93. The van der Waals surface area contributed by atoms with E-state index in [1.807, 2.05) is 6.92 Å². The highest BCUT2D eigenvalue weighted by molar-refractivity contribution is 6.00. The summed E-state index contributed by atoms with van der Waals surface area (Å²) in [6.07, 6.45) is 0.651. The summed E-state index contributed by atoms with van der Waals surface area (Å²) >= 11 is 0. The quantitative estimate of drug-likeness (QED) is 0.831. The van der Waals surface area contributed by atoms with Crippen LogP contribution in [0, 0.1) is 5.82 Å². The van der Waals surface area contributed by atoms with Gasteiger partial charge >= 0.3 is 0 Å². The minimum Gasteiger partial charge on any atom is -0.507 e. The highest BCUT2D eigenvalue weighted by Crippen LogP contribution is 2.29. The maximum Gasteiger partial charge on any atom is 0.203 e. The number of Topliss-reactive ketones (excluding diaryl/α,β-unsaturated/α-hetero) is 1. The summed E-state index contributed by atoms with van der Waals surface area (Å²) in [5.74, 6) is -0.635. The Balaban J connectivity index is 2.18. The average molecular weight is 304 g/mol. The topological polar surface area (TPSA) is 55.8 Å². The lowest BCUT2D eigenvalue weighted by atomic mass is 10.0. The highest BCUT2D eigenvalue weighted by Gasteiger charge is 2.16. The Morgan fingerprint density at radius 3 is 2.59 bits per heavy atom. The van der Waals surface area contributed by atoms with Crippen molar-refractivity contribution in [2.75, 3.05) is 13.7 Å². The monoisotopic (exact) mass is 304 g/mol. The molecule has 0 saturated carbocycles. The number of benzene rings is 2. The number of hydrogen-bond donors (Lipinski definition) is 1. The molecule has 0 atom stereocenters. The molecule has 0 aliphatic rings. The summed E-state index contributed by atoms with van der Waals surface area (Å²) in [4.78, 5) is 12.2. The fourth-order valence-corrected chi connectivity index (χ4v) is 2.09. The normalized spacial score (nSPS) is 10.3. The molecule has 0 aliphatic heterocycles. The largest absolute Gasteiger partial charge is 0.507 e. The molecule has 0 aromatic heterocycles. The van der Waals surface area contributed by atoms with Crippen LogP contribution in [0.3, 0.4) is 0 Å². The van der Waals surface area contributed by atoms with Crippen LogP contribution in [0.25, 0.3) is 0 Å². The van der Waals surface area contributed by atoms with E-state index in [2.05, 4.69) is 0 Å². The van der Waals surface area contributed by atoms with Gasteiger partial charge in [0, 0.05) is 6.07 Å². The molecule has 0 spiro atoms. The van der Waals surface area contributed by atoms with Gasteiger partial charge in [-0.3, -0.25) is 4.79 Å². The van der Waals surface area contributed by atoms with Gasteiger partial charge in [0.2, 0.25) is 5.78 Å². The van der Waals surface area contributed by atoms with Crippen LogP contribution in [-0.4, -0.2) is 24.6 Å². The molecule has 4 nitrogen and oxygen atoms in total. The van der Waals surface area contributed by atoms with Gasteiger partial charge in [0.1, 0.15) is 11.5 Å². The van der Waals surface area contributed by atoms with E-state index in [4.69, 9.17) is 9.47 Å². The van der Waals surface area contributed by atoms with Gasteiger partial charge in [-0.05, 0) is 30.2 Å². The lowest BCUT2D eigenvalue weighted by Crippen LogP contribution is -2.13. The number of methoxy groups -OCH3 is 1. The zero-order chi connectivity index (χ0) is 16.1. The van der Waals surface area contributed by atoms with Gasteiger partial charge in [0.15, 0.2) is 18.2 Å². The number of phenolic OH excluding ortho intramolecular Hbond substituents is 1. The first kappa shape index (κ1) is 15.8. The Morgan fingerprint density at radius 2 is 1.95 bits per heavy atom. The van der Waals surface area contributed by atoms with E-state index in [0.717, 1.165) is 5.56 Å². The highest BCUT2D eigenvalue weighted by atomic mass is 19.1. The number of carbonyl (C=O) groups excluding carboxylic acids is 1. The van der Waals surface area contributed by atoms with Crippen LogP contribution >= 0.6 is 0 Å². The van der Waals surface area contributed by atoms with Crippen LogP contribution in [0.4, 0.5) is 4.39 Å². The first-order valence-electron chi connectivity index (χ1n) is 6.87. The third-order valence-corrected chi connectivity index (χ3v) is 3.28. The molecule has 116 valence electrons. The second-order valence-corrected chi connectivity index (χ2v) is 4.68. The number of carbonyl (C=O) groups is 1. The van der Waals surface area contributed by atoms with Crippen molar-refractivity contribution in [2.24, 2.45) is 0 Å². The number of para-hydroxylation sites is 1. The standard InChI is InChI=1S/C17H17FO4/c1-3-11-8-12(14(19)9-17(11)21-2)15(20)10-22-16-7-5-4-6-13(16)18/h4-9,19H,3,10H2,1-2H3. The number of ketones is 1. The summed E-state index contributed by atoms with van der Waals surface area (Å²) in [5.41, 5.74) is 0.934. The summed E-state index contributed by atoms with van der Waals surface area (Å²) < 4.78 is 23.8. The number of ether oxygens (including phenoxy) is 2. The minimum atomic E-state index is -0.538. The molecule has 0 aliphatic carbocycles. The van der Waals surface area contributed by atoms with Crippen molar-refractivity contribution in [1.82, 2.24) is 0 Å². The zero-order valence-electron chi connectivity index (χ0n) is 12.4. The molecular weight excluding hydrogens is 287 g/mol. The summed E-state index contributed by atoms with van der Waals surface area (Å²) in [7, 11) is 1.50. The predicted octanol–water partition coefficient (Wildman–Crippen LogP) is 3.36. The van der Waals surface area contributed by atoms with Gasteiger partial charge in [-0.15, -0.1) is 0 Å². The van der Waals surface area contributed by atoms with Crippen molar-refractivity contribution in [3.8, 4) is 17.2 Å². The smallest absolute Gasteiger partial charge is 0.203 e. The second-order valence-electron chi connectivity index (χ2n) is 4.68. The molecule has 0 saturated heterocycles. The molecule has 1 N–H and O–H groups in total. The maximum absolute atomic E-state index is 13.4. The van der Waals surface area contributed by atoms with Crippen LogP contribution < -0.4 is 9.47 Å². The number of phenols is 1. The molecule has 0 bridgehead atoms. The summed E-state index contributed by atoms with van der Waals surface area (Å²) in [5, 5.41) is 9.93. The molecular formula is C17H17FO4. The van der Waals surface area contributed by atoms with E-state index in [-0.39, 0.29) is 23.7 Å². The fourth-order valence-electron chi connectivity index (χ4n) is 2.09. The maximum atomic E-state index is 13.4. The number of aryl methyl sites for hydroxylation is 1. The van der Waals surface area contributed by atoms with Crippen LogP contribution in [-0.2, 0) is 6.42 Å². The van der Waals surface area contributed by atoms with Crippen molar-refractivity contribution >= 4 is 5.78 Å².